The molecule has 0 radical (unpaired) electrons. The van der Waals surface area contributed by atoms with Gasteiger partial charge in [-0.25, -0.2) is 4.98 Å². The molecule has 3 heterocycles. The standard InChI is InChI=1S/C20H22N4O3S/c1-20(2,3)24-14(8-12(23-24)11-4-5-11)18(25)22-19-21-13-9-15-16(10-17(13)28-19)27-7-6-26-15/h8-11H,4-7H2,1-3H3,(H,21,22,25). The Kier molecular flexibility index (Phi) is 3.87. The molecule has 5 rings (SSSR count). The first-order chi connectivity index (χ1) is 13.4. The largest absolute Gasteiger partial charge is 0.486 e. The molecular weight excluding hydrogens is 376 g/mol. The van der Waals surface area contributed by atoms with Crippen molar-refractivity contribution in [2.75, 3.05) is 18.5 Å². The molecule has 28 heavy (non-hydrogen) atoms. The van der Waals surface area contributed by atoms with Gasteiger partial charge in [-0.2, -0.15) is 5.10 Å². The number of aromatic nitrogens is 3. The van der Waals surface area contributed by atoms with E-state index in [-0.39, 0.29) is 11.4 Å². The maximum Gasteiger partial charge on any atom is 0.275 e. The summed E-state index contributed by atoms with van der Waals surface area (Å²) in [5.41, 5.74) is 2.08. The number of fused-ring (bicyclic) bond motifs is 2. The first-order valence-electron chi connectivity index (χ1n) is 9.50. The van der Waals surface area contributed by atoms with Crippen molar-refractivity contribution in [3.05, 3.63) is 29.6 Å². The molecule has 0 bridgehead atoms. The summed E-state index contributed by atoms with van der Waals surface area (Å²) in [6.45, 7) is 7.23. The van der Waals surface area contributed by atoms with Crippen LogP contribution in [0.2, 0.25) is 0 Å². The number of rotatable bonds is 3. The molecule has 146 valence electrons. The molecule has 0 atom stereocenters. The van der Waals surface area contributed by atoms with E-state index < -0.39 is 0 Å². The van der Waals surface area contributed by atoms with Crippen LogP contribution in [0.4, 0.5) is 5.13 Å². The fourth-order valence-corrected chi connectivity index (χ4v) is 4.20. The number of thiazole rings is 1. The highest BCUT2D eigenvalue weighted by Crippen LogP contribution is 2.40. The predicted octanol–water partition coefficient (Wildman–Crippen LogP) is 4.15. The third kappa shape index (κ3) is 3.11. The average molecular weight is 398 g/mol. The summed E-state index contributed by atoms with van der Waals surface area (Å²) >= 11 is 1.42. The van der Waals surface area contributed by atoms with Crippen molar-refractivity contribution in [1.29, 1.82) is 0 Å². The fourth-order valence-electron chi connectivity index (χ4n) is 3.33. The second-order valence-electron chi connectivity index (χ2n) is 8.25. The molecule has 1 aromatic carbocycles. The van der Waals surface area contributed by atoms with E-state index in [1.54, 1.807) is 0 Å². The van der Waals surface area contributed by atoms with Crippen LogP contribution in [0.3, 0.4) is 0 Å². The number of carbonyl (C=O) groups excluding carboxylic acids is 1. The Balaban J connectivity index is 1.45. The van der Waals surface area contributed by atoms with Gasteiger partial charge in [-0.05, 0) is 39.7 Å². The smallest absolute Gasteiger partial charge is 0.275 e. The van der Waals surface area contributed by atoms with Crippen molar-refractivity contribution in [2.45, 2.75) is 45.1 Å². The number of nitrogens with zero attached hydrogens (tertiary/aromatic N) is 3. The van der Waals surface area contributed by atoms with Crippen LogP contribution in [0, 0.1) is 0 Å². The number of benzene rings is 1. The van der Waals surface area contributed by atoms with Gasteiger partial charge in [0.05, 0.1) is 21.4 Å². The number of hydrogen-bond donors (Lipinski definition) is 1. The third-order valence-corrected chi connectivity index (χ3v) is 5.80. The van der Waals surface area contributed by atoms with Crippen LogP contribution in [-0.4, -0.2) is 33.9 Å². The van der Waals surface area contributed by atoms with Gasteiger partial charge in [0, 0.05) is 18.1 Å². The van der Waals surface area contributed by atoms with E-state index in [2.05, 4.69) is 31.1 Å². The van der Waals surface area contributed by atoms with Crippen LogP contribution in [0.15, 0.2) is 18.2 Å². The topological polar surface area (TPSA) is 78.3 Å². The van der Waals surface area contributed by atoms with Crippen LogP contribution in [0.1, 0.15) is 55.7 Å². The summed E-state index contributed by atoms with van der Waals surface area (Å²) in [6.07, 6.45) is 2.30. The van der Waals surface area contributed by atoms with Crippen molar-refractivity contribution >= 4 is 32.6 Å². The normalized spacial score (nSPS) is 16.4. The van der Waals surface area contributed by atoms with Gasteiger partial charge in [-0.1, -0.05) is 11.3 Å². The molecule has 2 aliphatic rings. The van der Waals surface area contributed by atoms with Gasteiger partial charge in [0.25, 0.3) is 5.91 Å². The second kappa shape index (κ2) is 6.20. The molecular formula is C20H22N4O3S. The monoisotopic (exact) mass is 398 g/mol. The zero-order chi connectivity index (χ0) is 19.5. The van der Waals surface area contributed by atoms with Gasteiger partial charge >= 0.3 is 0 Å². The van der Waals surface area contributed by atoms with Gasteiger partial charge < -0.3 is 9.47 Å². The summed E-state index contributed by atoms with van der Waals surface area (Å²) < 4.78 is 14.0. The maximum atomic E-state index is 13.0. The maximum absolute atomic E-state index is 13.0. The molecule has 1 amide bonds. The molecule has 1 fully saturated rings. The lowest BCUT2D eigenvalue weighted by molar-refractivity contribution is 0.100. The zero-order valence-corrected chi connectivity index (χ0v) is 16.9. The van der Waals surface area contributed by atoms with Gasteiger partial charge in [0.15, 0.2) is 16.6 Å². The number of nitrogens with one attached hydrogen (secondary N) is 1. The predicted molar refractivity (Wildman–Crippen MR) is 108 cm³/mol. The highest BCUT2D eigenvalue weighted by molar-refractivity contribution is 7.22. The van der Waals surface area contributed by atoms with Crippen molar-refractivity contribution in [3.8, 4) is 11.5 Å². The Hall–Kier alpha value is -2.61. The molecule has 0 spiro atoms. The number of carbonyl (C=O) groups is 1. The lowest BCUT2D eigenvalue weighted by Gasteiger charge is -2.21. The first kappa shape index (κ1) is 17.5. The van der Waals surface area contributed by atoms with Crippen LogP contribution in [0.5, 0.6) is 11.5 Å². The van der Waals surface area contributed by atoms with E-state index in [9.17, 15) is 4.79 Å². The molecule has 7 nitrogen and oxygen atoms in total. The molecule has 1 aliphatic heterocycles. The van der Waals surface area contributed by atoms with E-state index >= 15 is 0 Å². The van der Waals surface area contributed by atoms with Crippen molar-refractivity contribution in [3.63, 3.8) is 0 Å². The minimum absolute atomic E-state index is 0.189. The highest BCUT2D eigenvalue weighted by Gasteiger charge is 2.31. The van der Waals surface area contributed by atoms with Crippen molar-refractivity contribution in [2.24, 2.45) is 0 Å². The summed E-state index contributed by atoms with van der Waals surface area (Å²) in [7, 11) is 0. The van der Waals surface area contributed by atoms with E-state index in [1.807, 2.05) is 22.9 Å². The van der Waals surface area contributed by atoms with Gasteiger partial charge in [-0.3, -0.25) is 14.8 Å². The molecule has 1 saturated carbocycles. The lowest BCUT2D eigenvalue weighted by Crippen LogP contribution is -2.29. The Labute approximate surface area is 166 Å². The van der Waals surface area contributed by atoms with Crippen LogP contribution in [0.25, 0.3) is 10.2 Å². The SMILES string of the molecule is CC(C)(C)n1nc(C2CC2)cc1C(=O)Nc1nc2cc3c(cc2s1)OCCO3. The number of anilines is 1. The van der Waals surface area contributed by atoms with Gasteiger partial charge in [0.1, 0.15) is 18.9 Å². The second-order valence-corrected chi connectivity index (χ2v) is 9.28. The molecule has 1 aliphatic carbocycles. The highest BCUT2D eigenvalue weighted by atomic mass is 32.1. The molecule has 3 aromatic rings. The van der Waals surface area contributed by atoms with E-state index in [0.29, 0.717) is 35.7 Å². The molecule has 0 unspecified atom stereocenters. The lowest BCUT2D eigenvalue weighted by atomic mass is 10.1. The van der Waals surface area contributed by atoms with Crippen LogP contribution in [-0.2, 0) is 5.54 Å². The third-order valence-electron chi connectivity index (χ3n) is 4.86. The molecule has 2 aromatic heterocycles. The van der Waals surface area contributed by atoms with E-state index in [4.69, 9.17) is 14.6 Å². The summed E-state index contributed by atoms with van der Waals surface area (Å²) in [5.74, 6) is 1.72. The molecule has 8 heteroatoms. The summed E-state index contributed by atoms with van der Waals surface area (Å²) in [4.78, 5) is 17.6. The molecule has 0 saturated heterocycles. The number of hydrogen-bond acceptors (Lipinski definition) is 6. The van der Waals surface area contributed by atoms with Crippen molar-refractivity contribution < 1.29 is 14.3 Å². The van der Waals surface area contributed by atoms with E-state index in [0.717, 1.165) is 34.5 Å². The Morgan fingerprint density at radius 2 is 1.89 bits per heavy atom. The van der Waals surface area contributed by atoms with Crippen LogP contribution >= 0.6 is 11.3 Å². The van der Waals surface area contributed by atoms with E-state index in [1.165, 1.54) is 11.3 Å². The Morgan fingerprint density at radius 1 is 1.18 bits per heavy atom. The summed E-state index contributed by atoms with van der Waals surface area (Å²) in [6, 6.07) is 5.70. The first-order valence-corrected chi connectivity index (χ1v) is 10.3. The zero-order valence-electron chi connectivity index (χ0n) is 16.1. The van der Waals surface area contributed by atoms with Gasteiger partial charge in [0.2, 0.25) is 0 Å². The minimum atomic E-state index is -0.277. The quantitative estimate of drug-likeness (QED) is 0.717. The fraction of sp³-hybridized carbons (Fsp3) is 0.450. The molecule has 1 N–H and O–H groups in total. The number of amides is 1. The minimum Gasteiger partial charge on any atom is -0.486 e. The van der Waals surface area contributed by atoms with Gasteiger partial charge in [-0.15, -0.1) is 0 Å². The Bertz CT molecular complexity index is 1030. The average Bonchev–Trinajstić information content (AvgIpc) is 3.26. The summed E-state index contributed by atoms with van der Waals surface area (Å²) in [5, 5.41) is 8.21. The number of ether oxygens (including phenoxy) is 2. The van der Waals surface area contributed by atoms with Crippen molar-refractivity contribution in [1.82, 2.24) is 14.8 Å². The van der Waals surface area contributed by atoms with Crippen LogP contribution < -0.4 is 14.8 Å². The Morgan fingerprint density at radius 3 is 2.57 bits per heavy atom.